The van der Waals surface area contributed by atoms with Gasteiger partial charge in [-0.25, -0.2) is 0 Å². The van der Waals surface area contributed by atoms with Crippen LogP contribution in [0.2, 0.25) is 0 Å². The van der Waals surface area contributed by atoms with E-state index in [0.717, 1.165) is 6.42 Å². The third-order valence-corrected chi connectivity index (χ3v) is 2.26. The average Bonchev–Trinajstić information content (AvgIpc) is 1.99. The second-order valence-electron chi connectivity index (χ2n) is 4.73. The Hall–Kier alpha value is -0.370. The van der Waals surface area contributed by atoms with Gasteiger partial charge in [0.05, 0.1) is 0 Å². The van der Waals surface area contributed by atoms with Crippen molar-refractivity contribution < 1.29 is 9.90 Å². The second-order valence-corrected chi connectivity index (χ2v) is 4.73. The number of hydrogen-bond donors (Lipinski definition) is 1. The molecule has 78 valence electrons. The summed E-state index contributed by atoms with van der Waals surface area (Å²) >= 11 is 0. The van der Waals surface area contributed by atoms with Crippen molar-refractivity contribution >= 4 is 5.78 Å². The third kappa shape index (κ3) is 4.41. The summed E-state index contributed by atoms with van der Waals surface area (Å²) in [7, 11) is 0. The highest BCUT2D eigenvalue weighted by molar-refractivity contribution is 5.88. The zero-order valence-electron chi connectivity index (χ0n) is 9.42. The molecule has 2 nitrogen and oxygen atoms in total. The Balaban J connectivity index is 4.14. The van der Waals surface area contributed by atoms with Gasteiger partial charge in [0, 0.05) is 5.92 Å². The van der Waals surface area contributed by atoms with Crippen molar-refractivity contribution in [3.63, 3.8) is 0 Å². The molecule has 13 heavy (non-hydrogen) atoms. The molecule has 0 aliphatic carbocycles. The molecule has 0 heterocycles. The van der Waals surface area contributed by atoms with Gasteiger partial charge < -0.3 is 5.11 Å². The van der Waals surface area contributed by atoms with Crippen molar-refractivity contribution in [3.8, 4) is 0 Å². The zero-order chi connectivity index (χ0) is 10.6. The van der Waals surface area contributed by atoms with Crippen LogP contribution >= 0.6 is 0 Å². The van der Waals surface area contributed by atoms with E-state index in [9.17, 15) is 9.90 Å². The monoisotopic (exact) mass is 186 g/mol. The van der Waals surface area contributed by atoms with Crippen LogP contribution < -0.4 is 0 Å². The normalized spacial score (nSPS) is 16.3. The second kappa shape index (κ2) is 4.75. The molecule has 0 saturated carbocycles. The molecule has 0 aromatic carbocycles. The summed E-state index contributed by atoms with van der Waals surface area (Å²) in [6.07, 6.45) is 1.47. The van der Waals surface area contributed by atoms with Crippen molar-refractivity contribution in [2.24, 2.45) is 11.8 Å². The van der Waals surface area contributed by atoms with Gasteiger partial charge in [-0.1, -0.05) is 27.7 Å². The van der Waals surface area contributed by atoms with E-state index in [1.54, 1.807) is 6.92 Å². The highest BCUT2D eigenvalue weighted by atomic mass is 16.3. The number of carbonyl (C=O) groups is 1. The molecule has 0 amide bonds. The molecule has 0 aromatic heterocycles. The Kier molecular flexibility index (Phi) is 4.62. The Morgan fingerprint density at radius 2 is 1.77 bits per heavy atom. The van der Waals surface area contributed by atoms with Crippen LogP contribution in [0, 0.1) is 11.8 Å². The van der Waals surface area contributed by atoms with Crippen molar-refractivity contribution in [1.29, 1.82) is 0 Å². The fourth-order valence-electron chi connectivity index (χ4n) is 1.31. The van der Waals surface area contributed by atoms with Crippen molar-refractivity contribution in [3.05, 3.63) is 0 Å². The Morgan fingerprint density at radius 3 is 2.08 bits per heavy atom. The minimum atomic E-state index is -1.13. The van der Waals surface area contributed by atoms with E-state index in [1.165, 1.54) is 0 Å². The topological polar surface area (TPSA) is 37.3 Å². The number of hydrogen-bond acceptors (Lipinski definition) is 2. The van der Waals surface area contributed by atoms with Gasteiger partial charge in [-0.3, -0.25) is 4.79 Å². The van der Waals surface area contributed by atoms with Gasteiger partial charge in [0.25, 0.3) is 0 Å². The lowest BCUT2D eigenvalue weighted by atomic mass is 9.86. The molecule has 0 bridgehead atoms. The fraction of sp³-hybridized carbons (Fsp3) is 0.909. The van der Waals surface area contributed by atoms with E-state index in [0.29, 0.717) is 12.3 Å². The number of carbonyl (C=O) groups excluding carboxylic acids is 1. The molecule has 0 aliphatic rings. The summed E-state index contributed by atoms with van der Waals surface area (Å²) in [6.45, 7) is 9.46. The summed E-state index contributed by atoms with van der Waals surface area (Å²) in [5, 5.41) is 9.85. The van der Waals surface area contributed by atoms with E-state index in [-0.39, 0.29) is 11.7 Å². The Labute approximate surface area is 81.3 Å². The fourth-order valence-corrected chi connectivity index (χ4v) is 1.31. The Morgan fingerprint density at radius 1 is 1.31 bits per heavy atom. The van der Waals surface area contributed by atoms with E-state index < -0.39 is 5.60 Å². The molecule has 0 saturated heterocycles. The predicted octanol–water partition coefficient (Wildman–Crippen LogP) is 2.40. The predicted molar refractivity (Wildman–Crippen MR) is 54.5 cm³/mol. The van der Waals surface area contributed by atoms with Crippen molar-refractivity contribution in [1.82, 2.24) is 0 Å². The first-order valence-electron chi connectivity index (χ1n) is 5.04. The largest absolute Gasteiger partial charge is 0.382 e. The summed E-state index contributed by atoms with van der Waals surface area (Å²) < 4.78 is 0. The number of rotatable bonds is 5. The van der Waals surface area contributed by atoms with E-state index in [1.807, 2.05) is 13.8 Å². The summed E-state index contributed by atoms with van der Waals surface area (Å²) in [5.41, 5.74) is -1.13. The first-order chi connectivity index (χ1) is 5.77. The molecule has 1 unspecified atom stereocenters. The molecule has 0 radical (unpaired) electrons. The van der Waals surface area contributed by atoms with Gasteiger partial charge in [-0.2, -0.15) is 0 Å². The van der Waals surface area contributed by atoms with Crippen LogP contribution in [0.25, 0.3) is 0 Å². The molecule has 1 atom stereocenters. The molecule has 0 fully saturated rings. The minimum absolute atomic E-state index is 0.0480. The lowest BCUT2D eigenvalue weighted by Gasteiger charge is -2.24. The average molecular weight is 186 g/mol. The Bertz CT molecular complexity index is 169. The van der Waals surface area contributed by atoms with Crippen LogP contribution in [-0.4, -0.2) is 16.5 Å². The maximum absolute atomic E-state index is 11.5. The molecule has 0 aliphatic heterocycles. The highest BCUT2D eigenvalue weighted by Gasteiger charge is 2.31. The van der Waals surface area contributed by atoms with Crippen LogP contribution in [0.1, 0.15) is 47.5 Å². The summed E-state index contributed by atoms with van der Waals surface area (Å²) in [6, 6.07) is 0. The highest BCUT2D eigenvalue weighted by Crippen LogP contribution is 2.20. The van der Waals surface area contributed by atoms with Gasteiger partial charge in [-0.05, 0) is 25.7 Å². The first-order valence-corrected chi connectivity index (χ1v) is 5.04. The van der Waals surface area contributed by atoms with Crippen LogP contribution in [-0.2, 0) is 4.79 Å². The molecule has 0 spiro atoms. The summed E-state index contributed by atoms with van der Waals surface area (Å²) in [5.74, 6) is 0.404. The molecular weight excluding hydrogens is 164 g/mol. The minimum Gasteiger partial charge on any atom is -0.382 e. The van der Waals surface area contributed by atoms with Crippen LogP contribution in [0.3, 0.4) is 0 Å². The molecule has 1 N–H and O–H groups in total. The zero-order valence-corrected chi connectivity index (χ0v) is 9.42. The van der Waals surface area contributed by atoms with Crippen LogP contribution in [0.4, 0.5) is 0 Å². The quantitative estimate of drug-likeness (QED) is 0.716. The number of aliphatic hydroxyl groups is 1. The first kappa shape index (κ1) is 12.6. The van der Waals surface area contributed by atoms with Gasteiger partial charge >= 0.3 is 0 Å². The van der Waals surface area contributed by atoms with Gasteiger partial charge in [-0.15, -0.1) is 0 Å². The van der Waals surface area contributed by atoms with Crippen LogP contribution in [0.5, 0.6) is 0 Å². The van der Waals surface area contributed by atoms with E-state index in [4.69, 9.17) is 0 Å². The smallest absolute Gasteiger partial charge is 0.166 e. The lowest BCUT2D eigenvalue weighted by Crippen LogP contribution is -2.38. The molecular formula is C11H22O2. The summed E-state index contributed by atoms with van der Waals surface area (Å²) in [4.78, 5) is 11.5. The standard InChI is InChI=1S/C11H22O2/c1-8(2)6-7-11(5,13)10(12)9(3)4/h8-9,13H,6-7H2,1-5H3. The molecule has 0 aromatic rings. The number of ketones is 1. The van der Waals surface area contributed by atoms with Gasteiger partial charge in [0.1, 0.15) is 5.60 Å². The maximum atomic E-state index is 11.5. The van der Waals surface area contributed by atoms with E-state index >= 15 is 0 Å². The van der Waals surface area contributed by atoms with Gasteiger partial charge in [0.15, 0.2) is 5.78 Å². The third-order valence-electron chi connectivity index (χ3n) is 2.26. The maximum Gasteiger partial charge on any atom is 0.166 e. The SMILES string of the molecule is CC(C)CCC(C)(O)C(=O)C(C)C. The molecule has 2 heteroatoms. The lowest BCUT2D eigenvalue weighted by molar-refractivity contribution is -0.139. The van der Waals surface area contributed by atoms with Gasteiger partial charge in [0.2, 0.25) is 0 Å². The number of Topliss-reactive ketones (excluding diaryl/α,β-unsaturated/α-hetero) is 1. The van der Waals surface area contributed by atoms with Crippen molar-refractivity contribution in [2.45, 2.75) is 53.1 Å². The van der Waals surface area contributed by atoms with Crippen LogP contribution in [0.15, 0.2) is 0 Å². The van der Waals surface area contributed by atoms with Crippen molar-refractivity contribution in [2.75, 3.05) is 0 Å². The van der Waals surface area contributed by atoms with E-state index in [2.05, 4.69) is 13.8 Å². The molecule has 0 rings (SSSR count).